The molecule has 0 aliphatic heterocycles. The van der Waals surface area contributed by atoms with E-state index in [-0.39, 0.29) is 50.7 Å². The molecule has 0 saturated heterocycles. The van der Waals surface area contributed by atoms with E-state index in [2.05, 4.69) is 26.3 Å². The second-order valence-corrected chi connectivity index (χ2v) is 8.56. The Bertz CT molecular complexity index is 1370. The molecule has 0 spiro atoms. The minimum absolute atomic E-state index is 0.00541. The van der Waals surface area contributed by atoms with E-state index in [9.17, 15) is 28.0 Å². The summed E-state index contributed by atoms with van der Waals surface area (Å²) < 4.78 is 49.7. The van der Waals surface area contributed by atoms with E-state index in [0.29, 0.717) is 0 Å². The number of esters is 4. The van der Waals surface area contributed by atoms with Crippen molar-refractivity contribution < 1.29 is 46.9 Å². The Hall–Kier alpha value is -4.86. The highest BCUT2D eigenvalue weighted by atomic mass is 19.3. The van der Waals surface area contributed by atoms with Gasteiger partial charge in [-0.3, -0.25) is 0 Å². The molecule has 0 radical (unpaired) electrons. The monoisotopic (exact) mass is 540 g/mol. The van der Waals surface area contributed by atoms with Gasteiger partial charge in [-0.15, -0.1) is 0 Å². The van der Waals surface area contributed by atoms with Crippen LogP contribution in [0.25, 0.3) is 11.1 Å². The Balaban J connectivity index is 2.88. The fourth-order valence-corrected chi connectivity index (χ4v) is 2.83. The van der Waals surface area contributed by atoms with Crippen LogP contribution in [-0.2, 0) is 19.2 Å². The van der Waals surface area contributed by atoms with Crippen LogP contribution < -0.4 is 18.9 Å². The van der Waals surface area contributed by atoms with Crippen molar-refractivity contribution in [1.82, 2.24) is 0 Å². The zero-order valence-electron chi connectivity index (χ0n) is 21.8. The van der Waals surface area contributed by atoms with Crippen LogP contribution in [0.2, 0.25) is 0 Å². The maximum atomic E-state index is 14.4. The predicted octanol–water partition coefficient (Wildman–Crippen LogP) is 6.22. The van der Waals surface area contributed by atoms with Gasteiger partial charge in [-0.2, -0.15) is 0 Å². The molecule has 8 nitrogen and oxygen atoms in total. The molecule has 0 atom stereocenters. The van der Waals surface area contributed by atoms with Gasteiger partial charge in [-0.25, -0.2) is 28.0 Å². The van der Waals surface area contributed by atoms with Crippen LogP contribution in [0.4, 0.5) is 8.78 Å². The van der Waals surface area contributed by atoms with Crippen LogP contribution >= 0.6 is 0 Å². The minimum Gasteiger partial charge on any atom is -0.423 e. The van der Waals surface area contributed by atoms with Gasteiger partial charge < -0.3 is 18.9 Å². The van der Waals surface area contributed by atoms with E-state index in [1.54, 1.807) is 0 Å². The molecule has 0 bridgehead atoms. The fraction of sp³-hybridized carbons (Fsp3) is 0.172. The number of benzene rings is 2. The molecule has 204 valence electrons. The summed E-state index contributed by atoms with van der Waals surface area (Å²) in [6, 6.07) is 5.49. The van der Waals surface area contributed by atoms with Gasteiger partial charge in [-0.1, -0.05) is 26.3 Å². The van der Waals surface area contributed by atoms with Crippen molar-refractivity contribution in [1.29, 1.82) is 0 Å². The van der Waals surface area contributed by atoms with Gasteiger partial charge in [-0.05, 0) is 51.5 Å². The zero-order chi connectivity index (χ0) is 29.6. The first kappa shape index (κ1) is 30.4. The zero-order valence-corrected chi connectivity index (χ0v) is 21.8. The van der Waals surface area contributed by atoms with Gasteiger partial charge >= 0.3 is 23.9 Å². The highest BCUT2D eigenvalue weighted by Crippen LogP contribution is 2.44. The van der Waals surface area contributed by atoms with Crippen molar-refractivity contribution in [2.45, 2.75) is 34.1 Å². The number of carbonyl (C=O) groups is 4. The number of hydrogen-bond donors (Lipinski definition) is 0. The van der Waals surface area contributed by atoms with Crippen molar-refractivity contribution >= 4 is 23.9 Å². The maximum Gasteiger partial charge on any atom is 0.338 e. The quantitative estimate of drug-likeness (QED) is 0.199. The molecule has 10 heteroatoms. The van der Waals surface area contributed by atoms with Gasteiger partial charge in [0.1, 0.15) is 23.0 Å². The smallest absolute Gasteiger partial charge is 0.338 e. The lowest BCUT2D eigenvalue weighted by Gasteiger charge is -2.18. The first-order chi connectivity index (χ1) is 18.1. The normalized spacial score (nSPS) is 10.3. The summed E-state index contributed by atoms with van der Waals surface area (Å²) in [5.74, 6) is -4.72. The van der Waals surface area contributed by atoms with Gasteiger partial charge in [0.2, 0.25) is 0 Å². The van der Waals surface area contributed by atoms with Crippen molar-refractivity contribution in [3.05, 3.63) is 84.5 Å². The Morgan fingerprint density at radius 1 is 0.590 bits per heavy atom. The molecular formula is C29H26F2O8. The molecule has 2 aromatic rings. The number of rotatable bonds is 10. The van der Waals surface area contributed by atoms with E-state index in [1.807, 2.05) is 0 Å². The Labute approximate surface area is 223 Å². The Morgan fingerprint density at radius 3 is 1.31 bits per heavy atom. The first-order valence-corrected chi connectivity index (χ1v) is 11.2. The number of halogens is 2. The highest BCUT2D eigenvalue weighted by Gasteiger charge is 2.25. The summed E-state index contributed by atoms with van der Waals surface area (Å²) >= 11 is 0. The second kappa shape index (κ2) is 12.6. The maximum absolute atomic E-state index is 14.4. The van der Waals surface area contributed by atoms with Crippen molar-refractivity contribution in [2.24, 2.45) is 0 Å². The first-order valence-electron chi connectivity index (χ1n) is 11.2. The molecule has 0 amide bonds. The lowest BCUT2D eigenvalue weighted by Crippen LogP contribution is -2.13. The third kappa shape index (κ3) is 8.06. The van der Waals surface area contributed by atoms with Gasteiger partial charge in [0.15, 0.2) is 0 Å². The SMILES string of the molecule is C=C(C)C(=O)Oc1cc(OC(=O)C(=C)C)cc(-c2c(OC(=O)C(=C)C)cc(OC(=O)C(=C)C)cc2C(F)F)c1. The lowest BCUT2D eigenvalue weighted by atomic mass is 9.97. The minimum atomic E-state index is -3.17. The molecule has 0 fully saturated rings. The number of hydrogen-bond acceptors (Lipinski definition) is 8. The second-order valence-electron chi connectivity index (χ2n) is 8.56. The molecule has 2 aromatic carbocycles. The summed E-state index contributed by atoms with van der Waals surface area (Å²) in [4.78, 5) is 48.8. The number of alkyl halides is 2. The molecule has 0 N–H and O–H groups in total. The summed E-state index contributed by atoms with van der Waals surface area (Å²) in [5.41, 5.74) is -1.13. The van der Waals surface area contributed by atoms with Gasteiger partial charge in [0.05, 0.1) is 0 Å². The average molecular weight is 541 g/mol. The molecule has 0 aliphatic carbocycles. The van der Waals surface area contributed by atoms with Gasteiger partial charge in [0, 0.05) is 45.6 Å². The van der Waals surface area contributed by atoms with Crippen LogP contribution in [0.5, 0.6) is 23.0 Å². The third-order valence-corrected chi connectivity index (χ3v) is 4.74. The van der Waals surface area contributed by atoms with Crippen LogP contribution in [-0.4, -0.2) is 23.9 Å². The summed E-state index contributed by atoms with van der Waals surface area (Å²) in [7, 11) is 0. The van der Waals surface area contributed by atoms with Crippen molar-refractivity contribution in [3.8, 4) is 34.1 Å². The van der Waals surface area contributed by atoms with Crippen LogP contribution in [0, 0.1) is 0 Å². The molecule has 0 unspecified atom stereocenters. The third-order valence-electron chi connectivity index (χ3n) is 4.74. The van der Waals surface area contributed by atoms with E-state index in [0.717, 1.165) is 12.1 Å². The predicted molar refractivity (Wildman–Crippen MR) is 139 cm³/mol. The van der Waals surface area contributed by atoms with E-state index < -0.39 is 41.6 Å². The molecule has 0 heterocycles. The topological polar surface area (TPSA) is 105 Å². The lowest BCUT2D eigenvalue weighted by molar-refractivity contribution is -0.131. The summed E-state index contributed by atoms with van der Waals surface area (Å²) in [6.45, 7) is 19.4. The van der Waals surface area contributed by atoms with E-state index >= 15 is 0 Å². The summed E-state index contributed by atoms with van der Waals surface area (Å²) in [5, 5.41) is 0. The van der Waals surface area contributed by atoms with E-state index in [4.69, 9.17) is 18.9 Å². The van der Waals surface area contributed by atoms with Crippen LogP contribution in [0.15, 0.2) is 78.9 Å². The molecule has 0 aliphatic rings. The highest BCUT2D eigenvalue weighted by molar-refractivity contribution is 5.93. The number of carbonyl (C=O) groups excluding carboxylic acids is 4. The molecule has 39 heavy (non-hydrogen) atoms. The summed E-state index contributed by atoms with van der Waals surface area (Å²) in [6.07, 6.45) is -3.17. The molecule has 2 rings (SSSR count). The van der Waals surface area contributed by atoms with Crippen LogP contribution in [0.1, 0.15) is 39.7 Å². The van der Waals surface area contributed by atoms with Crippen molar-refractivity contribution in [3.63, 3.8) is 0 Å². The molecule has 0 aromatic heterocycles. The van der Waals surface area contributed by atoms with Gasteiger partial charge in [0.25, 0.3) is 6.43 Å². The molecule has 0 saturated carbocycles. The standard InChI is InChI=1S/C29H26F2O8/c1-14(2)26(32)36-19-9-18(10-20(11-19)37-27(33)15(3)4)24-22(25(30)31)12-21(38-28(34)16(5)6)13-23(24)39-29(35)17(7)8/h9-13,25H,1,3,5,7H2,2,4,6,8H3. The largest absolute Gasteiger partial charge is 0.423 e. The van der Waals surface area contributed by atoms with Crippen molar-refractivity contribution in [2.75, 3.05) is 0 Å². The van der Waals surface area contributed by atoms with Crippen LogP contribution in [0.3, 0.4) is 0 Å². The Morgan fingerprint density at radius 2 is 0.949 bits per heavy atom. The van der Waals surface area contributed by atoms with E-state index in [1.165, 1.54) is 45.9 Å². The average Bonchev–Trinajstić information content (AvgIpc) is 2.83. The number of ether oxygens (including phenoxy) is 4. The molecular weight excluding hydrogens is 514 g/mol. The Kier molecular flexibility index (Phi) is 9.80. The fourth-order valence-electron chi connectivity index (χ4n) is 2.83.